The molecule has 0 bridgehead atoms. The monoisotopic (exact) mass is 601 g/mol. The van der Waals surface area contributed by atoms with Crippen LogP contribution in [0.5, 0.6) is 11.5 Å². The molecular weight excluding hydrogens is 585 g/mol. The Morgan fingerprint density at radius 3 is 2.19 bits per heavy atom. The van der Waals surface area contributed by atoms with Crippen LogP contribution in [0.1, 0.15) is 11.1 Å². The summed E-state index contributed by atoms with van der Waals surface area (Å²) in [5.74, 6) is -6.16. The highest BCUT2D eigenvalue weighted by Crippen LogP contribution is 2.44. The van der Waals surface area contributed by atoms with Crippen molar-refractivity contribution in [3.05, 3.63) is 88.1 Å². The second-order valence-corrected chi connectivity index (χ2v) is 8.80. The van der Waals surface area contributed by atoms with Gasteiger partial charge in [-0.1, -0.05) is 40.2 Å². The molecule has 0 saturated heterocycles. The van der Waals surface area contributed by atoms with Gasteiger partial charge in [0.2, 0.25) is 0 Å². The second-order valence-electron chi connectivity index (χ2n) is 7.88. The van der Waals surface area contributed by atoms with E-state index in [2.05, 4.69) is 15.9 Å². The lowest BCUT2D eigenvalue weighted by atomic mass is 10.0. The Hall–Kier alpha value is -2.93. The van der Waals surface area contributed by atoms with Gasteiger partial charge in [0.1, 0.15) is 5.75 Å². The molecule has 0 fully saturated rings. The lowest BCUT2D eigenvalue weighted by molar-refractivity contribution is -0.289. The standard InChI is InChI=1S/C24H17BrF9NO2/c25-16-7-8-19(26)20(10-16)37-18-6-2-5-17(11-18)35(13-21(36)23(29,30)31)12-14-3-1-4-15(9-14)22(27,28)24(32,33)34/h1-11,21,36H,12-13H2. The fourth-order valence-corrected chi connectivity index (χ4v) is 3.59. The van der Waals surface area contributed by atoms with Gasteiger partial charge in [0.25, 0.3) is 0 Å². The molecule has 0 aromatic heterocycles. The highest BCUT2D eigenvalue weighted by Gasteiger charge is 2.58. The summed E-state index contributed by atoms with van der Waals surface area (Å²) in [7, 11) is 0. The van der Waals surface area contributed by atoms with E-state index in [9.17, 15) is 44.6 Å². The maximum Gasteiger partial charge on any atom is 0.458 e. The molecule has 0 saturated carbocycles. The van der Waals surface area contributed by atoms with Crippen LogP contribution in [0.25, 0.3) is 0 Å². The molecule has 0 spiro atoms. The molecule has 1 N–H and O–H groups in total. The van der Waals surface area contributed by atoms with Gasteiger partial charge in [-0.05, 0) is 42.0 Å². The maximum absolute atomic E-state index is 14.1. The first-order valence-corrected chi connectivity index (χ1v) is 11.1. The van der Waals surface area contributed by atoms with E-state index in [1.54, 1.807) is 0 Å². The first-order valence-electron chi connectivity index (χ1n) is 10.3. The first kappa shape index (κ1) is 28.6. The van der Waals surface area contributed by atoms with E-state index in [-0.39, 0.29) is 22.7 Å². The van der Waals surface area contributed by atoms with E-state index in [0.717, 1.165) is 23.1 Å². The molecule has 37 heavy (non-hydrogen) atoms. The summed E-state index contributed by atoms with van der Waals surface area (Å²) in [5, 5.41) is 9.64. The molecule has 1 unspecified atom stereocenters. The SMILES string of the molecule is OC(CN(Cc1cccc(C(F)(F)C(F)(F)F)c1)c1cccc(Oc2cc(Br)ccc2F)c1)C(F)(F)F. The molecule has 200 valence electrons. The Bertz CT molecular complexity index is 1230. The number of aliphatic hydroxyl groups excluding tert-OH is 1. The van der Waals surface area contributed by atoms with Gasteiger partial charge in [-0.15, -0.1) is 0 Å². The zero-order valence-electron chi connectivity index (χ0n) is 18.4. The minimum Gasteiger partial charge on any atom is -0.454 e. The zero-order chi connectivity index (χ0) is 27.6. The van der Waals surface area contributed by atoms with Crippen LogP contribution >= 0.6 is 15.9 Å². The Morgan fingerprint density at radius 2 is 1.54 bits per heavy atom. The van der Waals surface area contributed by atoms with Gasteiger partial charge in [0.15, 0.2) is 17.7 Å². The number of aliphatic hydroxyl groups is 1. The van der Waals surface area contributed by atoms with Crippen molar-refractivity contribution in [2.75, 3.05) is 11.4 Å². The smallest absolute Gasteiger partial charge is 0.454 e. The number of anilines is 1. The van der Waals surface area contributed by atoms with E-state index >= 15 is 0 Å². The maximum atomic E-state index is 14.1. The van der Waals surface area contributed by atoms with Gasteiger partial charge in [-0.3, -0.25) is 0 Å². The van der Waals surface area contributed by atoms with Crippen molar-refractivity contribution < 1.29 is 49.4 Å². The highest BCUT2D eigenvalue weighted by atomic mass is 79.9. The van der Waals surface area contributed by atoms with Crippen LogP contribution in [-0.4, -0.2) is 30.1 Å². The Kier molecular flexibility index (Phi) is 8.37. The molecule has 0 aliphatic rings. The molecule has 0 radical (unpaired) electrons. The predicted octanol–water partition coefficient (Wildman–Crippen LogP) is 7.96. The third-order valence-corrected chi connectivity index (χ3v) is 5.59. The minimum atomic E-state index is -5.88. The van der Waals surface area contributed by atoms with E-state index in [1.807, 2.05) is 0 Å². The van der Waals surface area contributed by atoms with Gasteiger partial charge in [0.05, 0.1) is 6.54 Å². The van der Waals surface area contributed by atoms with Crippen LogP contribution in [0.3, 0.4) is 0 Å². The molecule has 3 nitrogen and oxygen atoms in total. The largest absolute Gasteiger partial charge is 0.458 e. The number of halogens is 10. The van der Waals surface area contributed by atoms with Crippen LogP contribution in [0.4, 0.5) is 45.2 Å². The van der Waals surface area contributed by atoms with Gasteiger partial charge < -0.3 is 14.7 Å². The van der Waals surface area contributed by atoms with Crippen LogP contribution in [0, 0.1) is 5.82 Å². The summed E-state index contributed by atoms with van der Waals surface area (Å²) in [6, 6.07) is 12.2. The Morgan fingerprint density at radius 1 is 0.865 bits per heavy atom. The van der Waals surface area contributed by atoms with E-state index in [4.69, 9.17) is 4.74 Å². The van der Waals surface area contributed by atoms with Crippen molar-refractivity contribution in [3.8, 4) is 11.5 Å². The Balaban J connectivity index is 1.96. The average molecular weight is 602 g/mol. The van der Waals surface area contributed by atoms with Crippen molar-refractivity contribution in [3.63, 3.8) is 0 Å². The highest BCUT2D eigenvalue weighted by molar-refractivity contribution is 9.10. The molecule has 3 rings (SSSR count). The summed E-state index contributed by atoms with van der Waals surface area (Å²) in [6.07, 6.45) is -13.8. The van der Waals surface area contributed by atoms with Crippen LogP contribution in [0.2, 0.25) is 0 Å². The van der Waals surface area contributed by atoms with Crippen LogP contribution in [0.15, 0.2) is 71.2 Å². The number of alkyl halides is 8. The second kappa shape index (κ2) is 10.8. The number of ether oxygens (including phenoxy) is 1. The van der Waals surface area contributed by atoms with E-state index in [0.29, 0.717) is 16.6 Å². The number of benzene rings is 3. The van der Waals surface area contributed by atoms with E-state index < -0.39 is 48.8 Å². The lowest BCUT2D eigenvalue weighted by Crippen LogP contribution is -2.41. The quantitative estimate of drug-likeness (QED) is 0.266. The minimum absolute atomic E-state index is 0.0100. The molecular formula is C24H17BrF9NO2. The summed E-state index contributed by atoms with van der Waals surface area (Å²) in [5.41, 5.74) is -1.58. The van der Waals surface area contributed by atoms with Gasteiger partial charge >= 0.3 is 18.3 Å². The zero-order valence-corrected chi connectivity index (χ0v) is 20.0. The predicted molar refractivity (Wildman–Crippen MR) is 120 cm³/mol. The average Bonchev–Trinajstić information content (AvgIpc) is 2.80. The van der Waals surface area contributed by atoms with Crippen molar-refractivity contribution in [1.82, 2.24) is 0 Å². The summed E-state index contributed by atoms with van der Waals surface area (Å²) >= 11 is 3.15. The van der Waals surface area contributed by atoms with E-state index in [1.165, 1.54) is 36.4 Å². The first-order chi connectivity index (χ1) is 17.1. The van der Waals surface area contributed by atoms with Gasteiger partial charge in [0, 0.05) is 28.3 Å². The van der Waals surface area contributed by atoms with Crippen molar-refractivity contribution >= 4 is 21.6 Å². The summed E-state index contributed by atoms with van der Waals surface area (Å²) in [6.45, 7) is -1.66. The fraction of sp³-hybridized carbons (Fsp3) is 0.250. The Labute approximate surface area is 213 Å². The molecule has 0 aliphatic carbocycles. The lowest BCUT2D eigenvalue weighted by Gasteiger charge is -2.29. The molecule has 3 aromatic carbocycles. The third-order valence-electron chi connectivity index (χ3n) is 5.09. The molecule has 0 aliphatic heterocycles. The van der Waals surface area contributed by atoms with Gasteiger partial charge in [-0.25, -0.2) is 4.39 Å². The molecule has 0 heterocycles. The molecule has 0 amide bonds. The fourth-order valence-electron chi connectivity index (χ4n) is 3.25. The number of hydrogen-bond donors (Lipinski definition) is 1. The summed E-state index contributed by atoms with van der Waals surface area (Å²) in [4.78, 5) is 0.924. The normalized spacial score (nSPS) is 13.4. The number of hydrogen-bond acceptors (Lipinski definition) is 3. The van der Waals surface area contributed by atoms with Crippen molar-refractivity contribution in [2.24, 2.45) is 0 Å². The summed E-state index contributed by atoms with van der Waals surface area (Å²) < 4.78 is 125. The van der Waals surface area contributed by atoms with Gasteiger partial charge in [-0.2, -0.15) is 35.1 Å². The number of rotatable bonds is 8. The van der Waals surface area contributed by atoms with Crippen LogP contribution in [-0.2, 0) is 12.5 Å². The topological polar surface area (TPSA) is 32.7 Å². The van der Waals surface area contributed by atoms with Crippen molar-refractivity contribution in [2.45, 2.75) is 30.9 Å². The molecule has 13 heteroatoms. The molecule has 3 aromatic rings. The third kappa shape index (κ3) is 7.10. The van der Waals surface area contributed by atoms with Crippen LogP contribution < -0.4 is 9.64 Å². The molecule has 1 atom stereocenters. The van der Waals surface area contributed by atoms with Crippen molar-refractivity contribution in [1.29, 1.82) is 0 Å². The number of nitrogens with zero attached hydrogens (tertiary/aromatic N) is 1.